The lowest BCUT2D eigenvalue weighted by Gasteiger charge is -2.33. The number of anilines is 1. The predicted molar refractivity (Wildman–Crippen MR) is 92.7 cm³/mol. The average Bonchev–Trinajstić information content (AvgIpc) is 2.54. The van der Waals surface area contributed by atoms with Gasteiger partial charge in [0.05, 0.1) is 0 Å². The van der Waals surface area contributed by atoms with Crippen LogP contribution in [-0.4, -0.2) is 42.9 Å². The molecule has 0 aromatic heterocycles. The van der Waals surface area contributed by atoms with Crippen LogP contribution in [0.4, 0.5) is 5.69 Å². The molecule has 2 N–H and O–H groups in total. The molecule has 23 heavy (non-hydrogen) atoms. The van der Waals surface area contributed by atoms with E-state index in [0.29, 0.717) is 24.6 Å². The van der Waals surface area contributed by atoms with Crippen molar-refractivity contribution >= 4 is 17.5 Å². The zero-order chi connectivity index (χ0) is 16.8. The summed E-state index contributed by atoms with van der Waals surface area (Å²) in [6, 6.07) is 5.81. The molecule has 0 bridgehead atoms. The number of likely N-dealkylation sites (tertiary alicyclic amines) is 1. The normalized spacial score (nSPS) is 17.9. The van der Waals surface area contributed by atoms with E-state index in [1.165, 1.54) is 6.42 Å². The summed E-state index contributed by atoms with van der Waals surface area (Å²) in [5.74, 6) is 0.0690. The number of piperidine rings is 1. The van der Waals surface area contributed by atoms with Crippen LogP contribution in [0.5, 0.6) is 0 Å². The minimum atomic E-state index is -0.0221. The van der Waals surface area contributed by atoms with Gasteiger partial charge in [0.1, 0.15) is 0 Å². The summed E-state index contributed by atoms with van der Waals surface area (Å²) >= 11 is 0. The Kier molecular flexibility index (Phi) is 6.16. The van der Waals surface area contributed by atoms with Crippen LogP contribution in [0.25, 0.3) is 0 Å². The van der Waals surface area contributed by atoms with Gasteiger partial charge in [0.25, 0.3) is 5.91 Å². The first kappa shape index (κ1) is 17.5. The van der Waals surface area contributed by atoms with Crippen molar-refractivity contribution in [2.24, 2.45) is 0 Å². The van der Waals surface area contributed by atoms with Crippen molar-refractivity contribution in [1.29, 1.82) is 0 Å². The molecule has 126 valence electrons. The van der Waals surface area contributed by atoms with Crippen LogP contribution in [0, 0.1) is 6.92 Å². The fourth-order valence-electron chi connectivity index (χ4n) is 2.95. The molecule has 0 radical (unpaired) electrons. The minimum Gasteiger partial charge on any atom is -0.336 e. The molecule has 0 saturated carbocycles. The van der Waals surface area contributed by atoms with Crippen LogP contribution in [0.15, 0.2) is 18.2 Å². The molecule has 1 atom stereocenters. The first-order valence-electron chi connectivity index (χ1n) is 8.39. The highest BCUT2D eigenvalue weighted by Crippen LogP contribution is 2.22. The molecule has 1 aliphatic heterocycles. The number of carbonyl (C=O) groups is 2. The molecule has 1 aromatic rings. The van der Waals surface area contributed by atoms with Crippen LogP contribution in [0.1, 0.15) is 48.5 Å². The third-order valence-electron chi connectivity index (χ3n) is 4.41. The topological polar surface area (TPSA) is 61.4 Å². The standard InChI is InChI=1S/C18H27N3O2/c1-13-12-15(18(23)21-11-5-4-6-14(21)2)7-8-16(13)20-17(22)9-10-19-3/h7-8,12,14,19H,4-6,9-11H2,1-3H3,(H,20,22). The molecule has 1 aromatic carbocycles. The molecule has 0 aliphatic carbocycles. The first-order chi connectivity index (χ1) is 11.0. The van der Waals surface area contributed by atoms with E-state index in [-0.39, 0.29) is 11.8 Å². The highest BCUT2D eigenvalue weighted by Gasteiger charge is 2.24. The van der Waals surface area contributed by atoms with E-state index in [4.69, 9.17) is 0 Å². The van der Waals surface area contributed by atoms with Gasteiger partial charge in [-0.25, -0.2) is 0 Å². The van der Waals surface area contributed by atoms with Gasteiger partial charge in [0.15, 0.2) is 0 Å². The largest absolute Gasteiger partial charge is 0.336 e. The van der Waals surface area contributed by atoms with E-state index in [0.717, 1.165) is 30.6 Å². The van der Waals surface area contributed by atoms with Crippen LogP contribution < -0.4 is 10.6 Å². The highest BCUT2D eigenvalue weighted by molar-refractivity contribution is 5.96. The van der Waals surface area contributed by atoms with Gasteiger partial charge in [-0.3, -0.25) is 9.59 Å². The quantitative estimate of drug-likeness (QED) is 0.877. The van der Waals surface area contributed by atoms with Crippen LogP contribution >= 0.6 is 0 Å². The smallest absolute Gasteiger partial charge is 0.254 e. The predicted octanol–water partition coefficient (Wildman–Crippen LogP) is 2.56. The molecular weight excluding hydrogens is 290 g/mol. The van der Waals surface area contributed by atoms with Crippen molar-refractivity contribution in [3.8, 4) is 0 Å². The number of nitrogens with zero attached hydrogens (tertiary/aromatic N) is 1. The Morgan fingerprint density at radius 2 is 2.09 bits per heavy atom. The number of hydrogen-bond acceptors (Lipinski definition) is 3. The third kappa shape index (κ3) is 4.55. The van der Waals surface area contributed by atoms with Crippen molar-refractivity contribution in [3.05, 3.63) is 29.3 Å². The zero-order valence-electron chi connectivity index (χ0n) is 14.3. The third-order valence-corrected chi connectivity index (χ3v) is 4.41. The Morgan fingerprint density at radius 1 is 1.30 bits per heavy atom. The highest BCUT2D eigenvalue weighted by atomic mass is 16.2. The molecule has 1 heterocycles. The molecule has 1 fully saturated rings. The van der Waals surface area contributed by atoms with Gasteiger partial charge in [-0.05, 0) is 63.9 Å². The lowest BCUT2D eigenvalue weighted by molar-refractivity contribution is -0.116. The number of amides is 2. The Bertz CT molecular complexity index is 571. The summed E-state index contributed by atoms with van der Waals surface area (Å²) in [6.07, 6.45) is 3.78. The van der Waals surface area contributed by atoms with Gasteiger partial charge in [-0.2, -0.15) is 0 Å². The van der Waals surface area contributed by atoms with E-state index in [1.54, 1.807) is 0 Å². The number of hydrogen-bond donors (Lipinski definition) is 2. The van der Waals surface area contributed by atoms with E-state index < -0.39 is 0 Å². The van der Waals surface area contributed by atoms with Gasteiger partial charge in [0.2, 0.25) is 5.91 Å². The lowest BCUT2D eigenvalue weighted by Crippen LogP contribution is -2.42. The molecule has 2 rings (SSSR count). The second kappa shape index (κ2) is 8.11. The summed E-state index contributed by atoms with van der Waals surface area (Å²) in [4.78, 5) is 26.4. The molecular formula is C18H27N3O2. The number of rotatable bonds is 5. The number of aryl methyl sites for hydroxylation is 1. The second-order valence-electron chi connectivity index (χ2n) is 6.27. The van der Waals surface area contributed by atoms with Crippen LogP contribution in [0.2, 0.25) is 0 Å². The second-order valence-corrected chi connectivity index (χ2v) is 6.27. The average molecular weight is 317 g/mol. The van der Waals surface area contributed by atoms with E-state index >= 15 is 0 Å². The molecule has 2 amide bonds. The summed E-state index contributed by atoms with van der Waals surface area (Å²) in [5.41, 5.74) is 2.39. The Morgan fingerprint density at radius 3 is 2.74 bits per heavy atom. The van der Waals surface area contributed by atoms with Crippen molar-refractivity contribution in [2.45, 2.75) is 45.6 Å². The van der Waals surface area contributed by atoms with Crippen molar-refractivity contribution in [3.63, 3.8) is 0 Å². The van der Waals surface area contributed by atoms with Gasteiger partial charge >= 0.3 is 0 Å². The number of benzene rings is 1. The Balaban J connectivity index is 2.06. The number of carbonyl (C=O) groups excluding carboxylic acids is 2. The van der Waals surface area contributed by atoms with Gasteiger partial charge in [-0.1, -0.05) is 0 Å². The van der Waals surface area contributed by atoms with E-state index in [9.17, 15) is 9.59 Å². The van der Waals surface area contributed by atoms with Gasteiger partial charge < -0.3 is 15.5 Å². The fraction of sp³-hybridized carbons (Fsp3) is 0.556. The summed E-state index contributed by atoms with van der Waals surface area (Å²) in [6.45, 7) is 5.51. The summed E-state index contributed by atoms with van der Waals surface area (Å²) in [7, 11) is 1.82. The molecule has 1 unspecified atom stereocenters. The van der Waals surface area contributed by atoms with Crippen molar-refractivity contribution in [1.82, 2.24) is 10.2 Å². The zero-order valence-corrected chi connectivity index (χ0v) is 14.3. The van der Waals surface area contributed by atoms with Crippen LogP contribution in [0.3, 0.4) is 0 Å². The maximum absolute atomic E-state index is 12.7. The monoisotopic (exact) mass is 317 g/mol. The molecule has 5 heteroatoms. The number of nitrogens with one attached hydrogen (secondary N) is 2. The van der Waals surface area contributed by atoms with Gasteiger partial charge in [-0.15, -0.1) is 0 Å². The fourth-order valence-corrected chi connectivity index (χ4v) is 2.95. The maximum atomic E-state index is 12.7. The molecule has 1 aliphatic rings. The Hall–Kier alpha value is -1.88. The maximum Gasteiger partial charge on any atom is 0.254 e. The van der Waals surface area contributed by atoms with E-state index in [1.807, 2.05) is 37.1 Å². The van der Waals surface area contributed by atoms with Crippen LogP contribution in [-0.2, 0) is 4.79 Å². The van der Waals surface area contributed by atoms with Crippen molar-refractivity contribution in [2.75, 3.05) is 25.5 Å². The summed E-state index contributed by atoms with van der Waals surface area (Å²) < 4.78 is 0. The molecule has 1 saturated heterocycles. The first-order valence-corrected chi connectivity index (χ1v) is 8.39. The Labute approximate surface area is 138 Å². The summed E-state index contributed by atoms with van der Waals surface area (Å²) in [5, 5.41) is 5.85. The lowest BCUT2D eigenvalue weighted by atomic mass is 10.0. The van der Waals surface area contributed by atoms with Gasteiger partial charge in [0, 0.05) is 36.8 Å². The minimum absolute atomic E-state index is 0.0221. The van der Waals surface area contributed by atoms with Crippen molar-refractivity contribution < 1.29 is 9.59 Å². The van der Waals surface area contributed by atoms with E-state index in [2.05, 4.69) is 17.6 Å². The SMILES string of the molecule is CNCCC(=O)Nc1ccc(C(=O)N2CCCCC2C)cc1C. The molecule has 0 spiro atoms. The molecule has 5 nitrogen and oxygen atoms in total.